The van der Waals surface area contributed by atoms with Gasteiger partial charge >= 0.3 is 0 Å². The van der Waals surface area contributed by atoms with Crippen LogP contribution in [0.15, 0.2) is 54.6 Å². The third-order valence-corrected chi connectivity index (χ3v) is 2.52. The average Bonchev–Trinajstić information content (AvgIpc) is 2.39. The van der Waals surface area contributed by atoms with Crippen LogP contribution in [0, 0.1) is 18.8 Å². The zero-order valence-electron chi connectivity index (χ0n) is 9.72. The van der Waals surface area contributed by atoms with Crippen molar-refractivity contribution in [2.24, 2.45) is 0 Å². The first-order valence-electron chi connectivity index (χ1n) is 5.57. The number of aryl methyl sites for hydroxylation is 1. The Morgan fingerprint density at radius 3 is 2.24 bits per heavy atom. The molecular formula is C16H14O. The summed E-state index contributed by atoms with van der Waals surface area (Å²) in [5, 5.41) is 9.86. The molecule has 0 aliphatic heterocycles. The van der Waals surface area contributed by atoms with E-state index in [2.05, 4.69) is 11.8 Å². The van der Waals surface area contributed by atoms with Crippen LogP contribution in [0.3, 0.4) is 0 Å². The van der Waals surface area contributed by atoms with Crippen molar-refractivity contribution >= 4 is 0 Å². The Bertz CT molecular complexity index is 529. The van der Waals surface area contributed by atoms with Crippen LogP contribution in [-0.2, 0) is 0 Å². The number of benzene rings is 2. The molecule has 17 heavy (non-hydrogen) atoms. The van der Waals surface area contributed by atoms with E-state index in [4.69, 9.17) is 0 Å². The van der Waals surface area contributed by atoms with Crippen LogP contribution < -0.4 is 0 Å². The van der Waals surface area contributed by atoms with Crippen LogP contribution >= 0.6 is 0 Å². The van der Waals surface area contributed by atoms with Gasteiger partial charge in [-0.2, -0.15) is 0 Å². The highest BCUT2D eigenvalue weighted by Gasteiger charge is 2.00. The Hall–Kier alpha value is -2.04. The summed E-state index contributed by atoms with van der Waals surface area (Å²) < 4.78 is 0. The van der Waals surface area contributed by atoms with E-state index in [-0.39, 0.29) is 0 Å². The van der Waals surface area contributed by atoms with Gasteiger partial charge in [-0.15, -0.1) is 0 Å². The van der Waals surface area contributed by atoms with Crippen molar-refractivity contribution in [3.8, 4) is 11.8 Å². The molecule has 0 spiro atoms. The minimum atomic E-state index is -0.725. The smallest absolute Gasteiger partial charge is 0.140 e. The first kappa shape index (κ1) is 11.4. The fourth-order valence-electron chi connectivity index (χ4n) is 1.51. The summed E-state index contributed by atoms with van der Waals surface area (Å²) in [7, 11) is 0. The van der Waals surface area contributed by atoms with E-state index >= 15 is 0 Å². The highest BCUT2D eigenvalue weighted by atomic mass is 16.3. The quantitative estimate of drug-likeness (QED) is 0.735. The highest BCUT2D eigenvalue weighted by molar-refractivity contribution is 5.38. The number of rotatable bonds is 1. The molecule has 2 aromatic rings. The summed E-state index contributed by atoms with van der Waals surface area (Å²) >= 11 is 0. The van der Waals surface area contributed by atoms with E-state index < -0.39 is 6.10 Å². The zero-order chi connectivity index (χ0) is 12.1. The molecule has 84 valence electrons. The first-order chi connectivity index (χ1) is 8.25. The molecule has 0 fully saturated rings. The minimum absolute atomic E-state index is 0.725. The molecule has 0 amide bonds. The molecule has 1 N–H and O–H groups in total. The van der Waals surface area contributed by atoms with Crippen LogP contribution in [0.1, 0.15) is 22.8 Å². The zero-order valence-corrected chi connectivity index (χ0v) is 9.72. The highest BCUT2D eigenvalue weighted by Crippen LogP contribution is 2.10. The molecule has 1 atom stereocenters. The SMILES string of the molecule is Cc1ccc(C#C[C@@H](O)c2ccccc2)cc1. The van der Waals surface area contributed by atoms with Gasteiger partial charge in [-0.1, -0.05) is 59.9 Å². The maximum atomic E-state index is 9.86. The summed E-state index contributed by atoms with van der Waals surface area (Å²) in [4.78, 5) is 0. The maximum Gasteiger partial charge on any atom is 0.140 e. The second-order valence-corrected chi connectivity index (χ2v) is 3.95. The van der Waals surface area contributed by atoms with Gasteiger partial charge in [0.25, 0.3) is 0 Å². The Morgan fingerprint density at radius 2 is 1.59 bits per heavy atom. The predicted molar refractivity (Wildman–Crippen MR) is 69.5 cm³/mol. The van der Waals surface area contributed by atoms with E-state index in [1.807, 2.05) is 61.5 Å². The molecule has 0 aromatic heterocycles. The van der Waals surface area contributed by atoms with Crippen molar-refractivity contribution in [1.29, 1.82) is 0 Å². The summed E-state index contributed by atoms with van der Waals surface area (Å²) in [6.45, 7) is 2.04. The van der Waals surface area contributed by atoms with E-state index in [9.17, 15) is 5.11 Å². The third-order valence-electron chi connectivity index (χ3n) is 2.52. The van der Waals surface area contributed by atoms with Crippen LogP contribution in [0.5, 0.6) is 0 Å². The Morgan fingerprint density at radius 1 is 0.941 bits per heavy atom. The van der Waals surface area contributed by atoms with Crippen LogP contribution in [0.2, 0.25) is 0 Å². The number of hydrogen-bond donors (Lipinski definition) is 1. The van der Waals surface area contributed by atoms with Crippen LogP contribution in [0.4, 0.5) is 0 Å². The van der Waals surface area contributed by atoms with Gasteiger partial charge < -0.3 is 5.11 Å². The Labute approximate surface area is 102 Å². The molecule has 2 rings (SSSR count). The molecule has 1 nitrogen and oxygen atoms in total. The monoisotopic (exact) mass is 222 g/mol. The van der Waals surface area contributed by atoms with Crippen molar-refractivity contribution in [2.45, 2.75) is 13.0 Å². The topological polar surface area (TPSA) is 20.2 Å². The summed E-state index contributed by atoms with van der Waals surface area (Å²) in [6.07, 6.45) is -0.725. The van der Waals surface area contributed by atoms with Crippen molar-refractivity contribution in [2.75, 3.05) is 0 Å². The molecule has 0 saturated carbocycles. The molecule has 0 heterocycles. The molecule has 2 aromatic carbocycles. The van der Waals surface area contributed by atoms with E-state index in [0.29, 0.717) is 0 Å². The molecular weight excluding hydrogens is 208 g/mol. The fourth-order valence-corrected chi connectivity index (χ4v) is 1.51. The Balaban J connectivity index is 2.14. The minimum Gasteiger partial charge on any atom is -0.376 e. The van der Waals surface area contributed by atoms with E-state index in [1.54, 1.807) is 0 Å². The van der Waals surface area contributed by atoms with Gasteiger partial charge in [-0.3, -0.25) is 0 Å². The predicted octanol–water partition coefficient (Wildman–Crippen LogP) is 3.08. The molecule has 0 saturated heterocycles. The number of hydrogen-bond acceptors (Lipinski definition) is 1. The lowest BCUT2D eigenvalue weighted by Crippen LogP contribution is -1.92. The summed E-state index contributed by atoms with van der Waals surface area (Å²) in [6, 6.07) is 17.4. The van der Waals surface area contributed by atoms with Gasteiger partial charge in [0.15, 0.2) is 0 Å². The largest absolute Gasteiger partial charge is 0.376 e. The lowest BCUT2D eigenvalue weighted by atomic mass is 10.1. The normalized spacial score (nSPS) is 11.4. The second-order valence-electron chi connectivity index (χ2n) is 3.95. The van der Waals surface area contributed by atoms with Crippen LogP contribution in [-0.4, -0.2) is 5.11 Å². The second kappa shape index (κ2) is 5.34. The van der Waals surface area contributed by atoms with Crippen molar-refractivity contribution in [1.82, 2.24) is 0 Å². The van der Waals surface area contributed by atoms with Gasteiger partial charge in [-0.05, 0) is 24.6 Å². The van der Waals surface area contributed by atoms with Crippen molar-refractivity contribution in [3.05, 3.63) is 71.3 Å². The van der Waals surface area contributed by atoms with Gasteiger partial charge in [0.2, 0.25) is 0 Å². The molecule has 1 heteroatoms. The third kappa shape index (κ3) is 3.21. The average molecular weight is 222 g/mol. The van der Waals surface area contributed by atoms with Crippen molar-refractivity contribution < 1.29 is 5.11 Å². The summed E-state index contributed by atoms with van der Waals surface area (Å²) in [5.41, 5.74) is 2.96. The molecule has 0 aliphatic carbocycles. The Kier molecular flexibility index (Phi) is 3.59. The van der Waals surface area contributed by atoms with Gasteiger partial charge in [0, 0.05) is 5.56 Å². The van der Waals surface area contributed by atoms with Crippen molar-refractivity contribution in [3.63, 3.8) is 0 Å². The fraction of sp³-hybridized carbons (Fsp3) is 0.125. The van der Waals surface area contributed by atoms with Gasteiger partial charge in [0.1, 0.15) is 6.10 Å². The molecule has 0 radical (unpaired) electrons. The number of aliphatic hydroxyl groups is 1. The summed E-state index contributed by atoms with van der Waals surface area (Å²) in [5.74, 6) is 5.81. The van der Waals surface area contributed by atoms with Gasteiger partial charge in [0.05, 0.1) is 0 Å². The first-order valence-corrected chi connectivity index (χ1v) is 5.57. The number of aliphatic hydroxyl groups excluding tert-OH is 1. The lowest BCUT2D eigenvalue weighted by molar-refractivity contribution is 0.238. The lowest BCUT2D eigenvalue weighted by Gasteiger charge is -2.01. The van der Waals surface area contributed by atoms with E-state index in [1.165, 1.54) is 5.56 Å². The van der Waals surface area contributed by atoms with Gasteiger partial charge in [-0.25, -0.2) is 0 Å². The standard InChI is InChI=1S/C16H14O/c1-13-7-9-14(10-8-13)11-12-16(17)15-5-3-2-4-6-15/h2-10,16-17H,1H3/t16-/m1/s1. The molecule has 0 bridgehead atoms. The molecule has 0 aliphatic rings. The van der Waals surface area contributed by atoms with E-state index in [0.717, 1.165) is 11.1 Å². The maximum absolute atomic E-state index is 9.86. The molecule has 0 unspecified atom stereocenters. The van der Waals surface area contributed by atoms with Crippen LogP contribution in [0.25, 0.3) is 0 Å².